The van der Waals surface area contributed by atoms with Crippen LogP contribution in [0.3, 0.4) is 0 Å². The van der Waals surface area contributed by atoms with Gasteiger partial charge in [-0.25, -0.2) is 4.79 Å². The molecule has 6 nitrogen and oxygen atoms in total. The van der Waals surface area contributed by atoms with Crippen molar-refractivity contribution < 1.29 is 14.7 Å². The molecule has 6 heteroatoms. The van der Waals surface area contributed by atoms with Crippen LogP contribution in [0, 0.1) is 6.92 Å². The largest absolute Gasteiger partial charge is 0.480 e. The molecule has 0 aliphatic heterocycles. The van der Waals surface area contributed by atoms with Crippen LogP contribution in [0.15, 0.2) is 24.3 Å². The number of amides is 1. The highest BCUT2D eigenvalue weighted by molar-refractivity contribution is 5.90. The summed E-state index contributed by atoms with van der Waals surface area (Å²) in [5.74, 6) is -1.57. The lowest BCUT2D eigenvalue weighted by Crippen LogP contribution is -2.54. The molecule has 1 unspecified atom stereocenters. The molecule has 1 aromatic heterocycles. The molecule has 1 heterocycles. The molecule has 2 aromatic rings. The summed E-state index contributed by atoms with van der Waals surface area (Å²) < 4.78 is 0. The number of hydrogen-bond donors (Lipinski definition) is 4. The first-order chi connectivity index (χ1) is 10.2. The van der Waals surface area contributed by atoms with Crippen molar-refractivity contribution in [2.45, 2.75) is 38.8 Å². The van der Waals surface area contributed by atoms with Gasteiger partial charge in [-0.1, -0.05) is 18.2 Å². The number of carbonyl (C=O) groups is 2. The van der Waals surface area contributed by atoms with E-state index in [-0.39, 0.29) is 6.42 Å². The number of aliphatic carboxylic acids is 1. The number of carbonyl (C=O) groups excluding carboxylic acids is 1. The number of H-pyrrole nitrogens is 1. The van der Waals surface area contributed by atoms with Gasteiger partial charge in [-0.2, -0.15) is 0 Å². The molecular weight excluding hydrogens is 282 g/mol. The van der Waals surface area contributed by atoms with E-state index in [1.807, 2.05) is 31.2 Å². The van der Waals surface area contributed by atoms with Crippen LogP contribution < -0.4 is 11.1 Å². The van der Waals surface area contributed by atoms with Gasteiger partial charge in [0.25, 0.3) is 0 Å². The number of carboxylic acid groups (broad SMARTS) is 1. The molecule has 0 fully saturated rings. The molecule has 1 amide bonds. The minimum atomic E-state index is -1.12. The molecule has 5 N–H and O–H groups in total. The highest BCUT2D eigenvalue weighted by atomic mass is 16.4. The summed E-state index contributed by atoms with van der Waals surface area (Å²) in [6, 6.07) is 6.66. The molecule has 22 heavy (non-hydrogen) atoms. The minimum Gasteiger partial charge on any atom is -0.480 e. The summed E-state index contributed by atoms with van der Waals surface area (Å²) in [4.78, 5) is 26.6. The highest BCUT2D eigenvalue weighted by Gasteiger charge is 2.28. The fourth-order valence-electron chi connectivity index (χ4n) is 2.35. The Balaban J connectivity index is 2.29. The van der Waals surface area contributed by atoms with Crippen LogP contribution in [-0.2, 0) is 16.0 Å². The molecule has 0 aliphatic rings. The fourth-order valence-corrected chi connectivity index (χ4v) is 2.35. The first-order valence-corrected chi connectivity index (χ1v) is 7.09. The number of aromatic amines is 1. The monoisotopic (exact) mass is 303 g/mol. The number of benzene rings is 1. The number of hydrogen-bond acceptors (Lipinski definition) is 3. The smallest absolute Gasteiger partial charge is 0.326 e. The van der Waals surface area contributed by atoms with Gasteiger partial charge >= 0.3 is 5.97 Å². The zero-order valence-electron chi connectivity index (χ0n) is 12.9. The third-order valence-corrected chi connectivity index (χ3v) is 3.62. The van der Waals surface area contributed by atoms with Crippen LogP contribution >= 0.6 is 0 Å². The molecule has 0 aliphatic carbocycles. The van der Waals surface area contributed by atoms with Crippen molar-refractivity contribution in [2.75, 3.05) is 0 Å². The van der Waals surface area contributed by atoms with Gasteiger partial charge in [-0.05, 0) is 32.4 Å². The van der Waals surface area contributed by atoms with E-state index in [4.69, 9.17) is 5.73 Å². The lowest BCUT2D eigenvalue weighted by Gasteiger charge is -2.22. The number of fused-ring (bicyclic) bond motifs is 1. The normalized spacial score (nSPS) is 13.1. The lowest BCUT2D eigenvalue weighted by molar-refractivity contribution is -0.142. The van der Waals surface area contributed by atoms with Crippen LogP contribution in [0.25, 0.3) is 10.9 Å². The fraction of sp³-hybridized carbons (Fsp3) is 0.375. The molecular formula is C16H21N3O3. The van der Waals surface area contributed by atoms with Crippen LogP contribution in [-0.4, -0.2) is 33.5 Å². The second kappa shape index (κ2) is 5.81. The maximum Gasteiger partial charge on any atom is 0.326 e. The Morgan fingerprint density at radius 3 is 2.59 bits per heavy atom. The number of aromatic nitrogens is 1. The topological polar surface area (TPSA) is 108 Å². The van der Waals surface area contributed by atoms with Gasteiger partial charge in [0.15, 0.2) is 0 Å². The molecule has 1 aromatic carbocycles. The van der Waals surface area contributed by atoms with E-state index < -0.39 is 23.5 Å². The number of para-hydroxylation sites is 1. The van der Waals surface area contributed by atoms with Crippen LogP contribution in [0.1, 0.15) is 25.1 Å². The molecule has 0 bridgehead atoms. The molecule has 0 spiro atoms. The van der Waals surface area contributed by atoms with E-state index in [0.717, 1.165) is 22.2 Å². The van der Waals surface area contributed by atoms with Crippen LogP contribution in [0.2, 0.25) is 0 Å². The maximum atomic E-state index is 11.9. The molecule has 1 atom stereocenters. The Morgan fingerprint density at radius 1 is 1.36 bits per heavy atom. The molecule has 2 rings (SSSR count). The van der Waals surface area contributed by atoms with Crippen molar-refractivity contribution in [1.29, 1.82) is 0 Å². The zero-order chi connectivity index (χ0) is 16.5. The second-order valence-electron chi connectivity index (χ2n) is 6.06. The zero-order valence-corrected chi connectivity index (χ0v) is 12.9. The summed E-state index contributed by atoms with van der Waals surface area (Å²) in [6.07, 6.45) is 0.201. The molecule has 0 saturated heterocycles. The predicted octanol–water partition coefficient (Wildman–Crippen LogP) is 1.33. The third kappa shape index (κ3) is 3.28. The van der Waals surface area contributed by atoms with E-state index in [9.17, 15) is 14.7 Å². The summed E-state index contributed by atoms with van der Waals surface area (Å²) >= 11 is 0. The highest BCUT2D eigenvalue weighted by Crippen LogP contribution is 2.23. The third-order valence-electron chi connectivity index (χ3n) is 3.62. The minimum absolute atomic E-state index is 0.201. The Hall–Kier alpha value is -2.34. The first-order valence-electron chi connectivity index (χ1n) is 7.09. The average molecular weight is 303 g/mol. The Labute approximate surface area is 128 Å². The first kappa shape index (κ1) is 16.0. The van der Waals surface area contributed by atoms with Gasteiger partial charge in [0.1, 0.15) is 6.04 Å². The maximum absolute atomic E-state index is 11.9. The number of aryl methyl sites for hydroxylation is 1. The Kier molecular flexibility index (Phi) is 4.23. The lowest BCUT2D eigenvalue weighted by atomic mass is 10.0. The van der Waals surface area contributed by atoms with E-state index in [2.05, 4.69) is 10.3 Å². The molecule has 118 valence electrons. The van der Waals surface area contributed by atoms with E-state index in [1.54, 1.807) is 0 Å². The van der Waals surface area contributed by atoms with Crippen molar-refractivity contribution in [3.63, 3.8) is 0 Å². The van der Waals surface area contributed by atoms with Gasteiger partial charge in [-0.3, -0.25) is 4.79 Å². The van der Waals surface area contributed by atoms with Crippen molar-refractivity contribution >= 4 is 22.8 Å². The Morgan fingerprint density at radius 2 is 2.00 bits per heavy atom. The summed E-state index contributed by atoms with van der Waals surface area (Å²) in [5, 5.41) is 12.9. The number of nitrogens with one attached hydrogen (secondary N) is 2. The van der Waals surface area contributed by atoms with Gasteiger partial charge in [0.05, 0.1) is 5.54 Å². The SMILES string of the molecule is Cc1[nH]c2ccccc2c1CC(NC(=O)C(C)(C)N)C(=O)O. The second-order valence-corrected chi connectivity index (χ2v) is 6.06. The van der Waals surface area contributed by atoms with Crippen molar-refractivity contribution in [1.82, 2.24) is 10.3 Å². The number of carboxylic acids is 1. The van der Waals surface area contributed by atoms with Gasteiger partial charge in [0.2, 0.25) is 5.91 Å². The quantitative estimate of drug-likeness (QED) is 0.668. The number of nitrogens with two attached hydrogens (primary N) is 1. The van der Waals surface area contributed by atoms with Crippen molar-refractivity contribution in [2.24, 2.45) is 5.73 Å². The summed E-state index contributed by atoms with van der Waals surface area (Å²) in [5.41, 5.74) is 7.32. The average Bonchev–Trinajstić information content (AvgIpc) is 2.73. The summed E-state index contributed by atoms with van der Waals surface area (Å²) in [6.45, 7) is 4.97. The van der Waals surface area contributed by atoms with Gasteiger partial charge in [0, 0.05) is 23.0 Å². The van der Waals surface area contributed by atoms with E-state index in [1.165, 1.54) is 13.8 Å². The Bertz CT molecular complexity index is 713. The number of rotatable bonds is 5. The van der Waals surface area contributed by atoms with Gasteiger partial charge in [-0.15, -0.1) is 0 Å². The van der Waals surface area contributed by atoms with Crippen molar-refractivity contribution in [3.8, 4) is 0 Å². The van der Waals surface area contributed by atoms with Crippen LogP contribution in [0.5, 0.6) is 0 Å². The predicted molar refractivity (Wildman–Crippen MR) is 84.6 cm³/mol. The van der Waals surface area contributed by atoms with E-state index >= 15 is 0 Å². The summed E-state index contributed by atoms with van der Waals surface area (Å²) in [7, 11) is 0. The standard InChI is InChI=1S/C16H21N3O3/c1-9-11(10-6-4-5-7-12(10)18-9)8-13(14(20)21)19-15(22)16(2,3)17/h4-7,13,18H,8,17H2,1-3H3,(H,19,22)(H,20,21). The molecule has 0 saturated carbocycles. The van der Waals surface area contributed by atoms with E-state index in [0.29, 0.717) is 0 Å². The molecule has 0 radical (unpaired) electrons. The van der Waals surface area contributed by atoms with Crippen molar-refractivity contribution in [3.05, 3.63) is 35.5 Å². The van der Waals surface area contributed by atoms with Gasteiger partial charge < -0.3 is 21.1 Å². The van der Waals surface area contributed by atoms with Crippen LogP contribution in [0.4, 0.5) is 0 Å².